The molecule has 3 nitrogen and oxygen atoms in total. The van der Waals surface area contributed by atoms with Crippen molar-refractivity contribution >= 4 is 17.4 Å². The summed E-state index contributed by atoms with van der Waals surface area (Å²) in [5.41, 5.74) is 8.33. The zero-order valence-electron chi connectivity index (χ0n) is 11.8. The number of amidine groups is 1. The molecule has 0 amide bonds. The van der Waals surface area contributed by atoms with Gasteiger partial charge in [0.2, 0.25) is 0 Å². The molecule has 0 saturated heterocycles. The molecule has 0 aromatic heterocycles. The normalized spacial score (nSPS) is 10.5. The van der Waals surface area contributed by atoms with Crippen molar-refractivity contribution in [2.24, 2.45) is 5.73 Å². The second kappa shape index (κ2) is 6.14. The number of nitrogen functional groups attached to an aromatic ring is 1. The largest absolute Gasteiger partial charge is 0.488 e. The maximum absolute atomic E-state index is 13.2. The first-order chi connectivity index (χ1) is 9.88. The van der Waals surface area contributed by atoms with Gasteiger partial charge in [0.25, 0.3) is 0 Å². The van der Waals surface area contributed by atoms with E-state index in [4.69, 9.17) is 27.5 Å². The van der Waals surface area contributed by atoms with E-state index in [0.717, 1.165) is 16.9 Å². The number of hydrogen-bond acceptors (Lipinski definition) is 2. The zero-order chi connectivity index (χ0) is 15.6. The topological polar surface area (TPSA) is 59.1 Å². The predicted molar refractivity (Wildman–Crippen MR) is 82.7 cm³/mol. The van der Waals surface area contributed by atoms with Crippen molar-refractivity contribution in [3.05, 3.63) is 63.4 Å². The lowest BCUT2D eigenvalue weighted by Crippen LogP contribution is -2.15. The van der Waals surface area contributed by atoms with Crippen LogP contribution >= 0.6 is 11.6 Å². The number of nitrogens with two attached hydrogens (primary N) is 1. The van der Waals surface area contributed by atoms with Crippen LogP contribution < -0.4 is 10.5 Å². The first kappa shape index (κ1) is 15.3. The van der Waals surface area contributed by atoms with Crippen molar-refractivity contribution in [1.29, 1.82) is 5.41 Å². The molecule has 0 saturated carbocycles. The van der Waals surface area contributed by atoms with Gasteiger partial charge in [0.1, 0.15) is 24.0 Å². The van der Waals surface area contributed by atoms with Crippen molar-refractivity contribution in [2.75, 3.05) is 0 Å². The summed E-state index contributed by atoms with van der Waals surface area (Å²) in [5.74, 6) is 0.124. The van der Waals surface area contributed by atoms with Crippen LogP contribution in [0, 0.1) is 25.1 Å². The van der Waals surface area contributed by atoms with Crippen LogP contribution in [0.1, 0.15) is 22.3 Å². The average Bonchev–Trinajstić information content (AvgIpc) is 2.38. The Bertz CT molecular complexity index is 678. The molecule has 110 valence electrons. The van der Waals surface area contributed by atoms with Crippen LogP contribution in [0.25, 0.3) is 0 Å². The van der Waals surface area contributed by atoms with Crippen LogP contribution in [-0.4, -0.2) is 5.84 Å². The molecule has 3 N–H and O–H groups in total. The summed E-state index contributed by atoms with van der Waals surface area (Å²) in [6, 6.07) is 7.78. The summed E-state index contributed by atoms with van der Waals surface area (Å²) in [4.78, 5) is 0. The van der Waals surface area contributed by atoms with Gasteiger partial charge in [-0.15, -0.1) is 0 Å². The first-order valence-electron chi connectivity index (χ1n) is 6.41. The number of halogens is 2. The molecule has 0 unspecified atom stereocenters. The second-order valence-electron chi connectivity index (χ2n) is 4.87. The van der Waals surface area contributed by atoms with Crippen LogP contribution in [0.4, 0.5) is 4.39 Å². The standard InChI is InChI=1S/C16H16ClFN2O/c1-9-5-12(17)6-10(2)15(9)21-8-11-3-4-13(18)7-14(11)16(19)20/h3-7H,8H2,1-2H3,(H3,19,20). The van der Waals surface area contributed by atoms with Gasteiger partial charge in [-0.05, 0) is 49.2 Å². The molecule has 0 atom stereocenters. The molecule has 21 heavy (non-hydrogen) atoms. The maximum atomic E-state index is 13.2. The third-order valence-corrected chi connectivity index (χ3v) is 3.38. The highest BCUT2D eigenvalue weighted by Gasteiger charge is 2.10. The molecule has 2 rings (SSSR count). The molecule has 0 fully saturated rings. The fraction of sp³-hybridized carbons (Fsp3) is 0.188. The van der Waals surface area contributed by atoms with Gasteiger partial charge in [-0.25, -0.2) is 4.39 Å². The molecule has 0 spiro atoms. The fourth-order valence-corrected chi connectivity index (χ4v) is 2.53. The van der Waals surface area contributed by atoms with E-state index < -0.39 is 5.82 Å². The van der Waals surface area contributed by atoms with Gasteiger partial charge >= 0.3 is 0 Å². The molecule has 2 aromatic carbocycles. The van der Waals surface area contributed by atoms with E-state index in [2.05, 4.69) is 0 Å². The van der Waals surface area contributed by atoms with Gasteiger partial charge in [0.05, 0.1) is 0 Å². The minimum atomic E-state index is -0.428. The summed E-state index contributed by atoms with van der Waals surface area (Å²) >= 11 is 5.98. The van der Waals surface area contributed by atoms with Crippen molar-refractivity contribution in [3.63, 3.8) is 0 Å². The maximum Gasteiger partial charge on any atom is 0.125 e. The number of rotatable bonds is 4. The van der Waals surface area contributed by atoms with Crippen molar-refractivity contribution in [1.82, 2.24) is 0 Å². The summed E-state index contributed by atoms with van der Waals surface area (Å²) in [7, 11) is 0. The molecule has 0 aliphatic heterocycles. The Balaban J connectivity index is 2.27. The van der Waals surface area contributed by atoms with Gasteiger partial charge < -0.3 is 10.5 Å². The molecule has 0 heterocycles. The van der Waals surface area contributed by atoms with Gasteiger partial charge in [-0.2, -0.15) is 0 Å². The molecule has 0 aliphatic rings. The first-order valence-corrected chi connectivity index (χ1v) is 6.78. The second-order valence-corrected chi connectivity index (χ2v) is 5.31. The van der Waals surface area contributed by atoms with E-state index in [1.807, 2.05) is 26.0 Å². The Hall–Kier alpha value is -2.07. The number of ether oxygens (including phenoxy) is 1. The number of hydrogen-bond donors (Lipinski definition) is 2. The van der Waals surface area contributed by atoms with Crippen LogP contribution in [0.2, 0.25) is 5.02 Å². The van der Waals surface area contributed by atoms with E-state index in [-0.39, 0.29) is 12.4 Å². The third kappa shape index (κ3) is 3.52. The van der Waals surface area contributed by atoms with Crippen LogP contribution in [-0.2, 0) is 6.61 Å². The molecule has 0 aliphatic carbocycles. The fourth-order valence-electron chi connectivity index (χ4n) is 2.20. The summed E-state index contributed by atoms with van der Waals surface area (Å²) in [6.45, 7) is 4.02. The van der Waals surface area contributed by atoms with E-state index in [0.29, 0.717) is 16.1 Å². The minimum absolute atomic E-state index is 0.183. The number of benzene rings is 2. The number of aryl methyl sites for hydroxylation is 2. The molecular weight excluding hydrogens is 291 g/mol. The van der Waals surface area contributed by atoms with Crippen molar-refractivity contribution in [2.45, 2.75) is 20.5 Å². The van der Waals surface area contributed by atoms with E-state index >= 15 is 0 Å². The Labute approximate surface area is 128 Å². The summed E-state index contributed by atoms with van der Waals surface area (Å²) < 4.78 is 19.0. The van der Waals surface area contributed by atoms with Crippen LogP contribution in [0.3, 0.4) is 0 Å². The van der Waals surface area contributed by atoms with Crippen molar-refractivity contribution in [3.8, 4) is 5.75 Å². The molecular formula is C16H16ClFN2O. The predicted octanol–water partition coefficient (Wildman–Crippen LogP) is 3.96. The molecule has 0 bridgehead atoms. The minimum Gasteiger partial charge on any atom is -0.488 e. The summed E-state index contributed by atoms with van der Waals surface area (Å²) in [6.07, 6.45) is 0. The van der Waals surface area contributed by atoms with Gasteiger partial charge in [-0.3, -0.25) is 5.41 Å². The van der Waals surface area contributed by atoms with E-state index in [1.165, 1.54) is 12.1 Å². The monoisotopic (exact) mass is 306 g/mol. The molecule has 5 heteroatoms. The van der Waals surface area contributed by atoms with Gasteiger partial charge in [0, 0.05) is 16.1 Å². The quantitative estimate of drug-likeness (QED) is 0.663. The van der Waals surface area contributed by atoms with Gasteiger partial charge in [-0.1, -0.05) is 17.7 Å². The lowest BCUT2D eigenvalue weighted by atomic mass is 10.1. The highest BCUT2D eigenvalue weighted by atomic mass is 35.5. The Morgan fingerprint density at radius 1 is 1.24 bits per heavy atom. The summed E-state index contributed by atoms with van der Waals surface area (Å²) in [5, 5.41) is 8.16. The Kier molecular flexibility index (Phi) is 4.48. The van der Waals surface area contributed by atoms with Crippen molar-refractivity contribution < 1.29 is 9.13 Å². The highest BCUT2D eigenvalue weighted by molar-refractivity contribution is 6.30. The SMILES string of the molecule is Cc1cc(Cl)cc(C)c1OCc1ccc(F)cc1C(=N)N. The van der Waals surface area contributed by atoms with Crippen LogP contribution in [0.5, 0.6) is 5.75 Å². The number of nitrogens with one attached hydrogen (secondary N) is 1. The lowest BCUT2D eigenvalue weighted by molar-refractivity contribution is 0.301. The van der Waals surface area contributed by atoms with E-state index in [1.54, 1.807) is 6.07 Å². The smallest absolute Gasteiger partial charge is 0.125 e. The Morgan fingerprint density at radius 3 is 2.43 bits per heavy atom. The third-order valence-electron chi connectivity index (χ3n) is 3.16. The average molecular weight is 307 g/mol. The lowest BCUT2D eigenvalue weighted by Gasteiger charge is -2.14. The highest BCUT2D eigenvalue weighted by Crippen LogP contribution is 2.28. The van der Waals surface area contributed by atoms with Gasteiger partial charge in [0.15, 0.2) is 0 Å². The van der Waals surface area contributed by atoms with E-state index in [9.17, 15) is 4.39 Å². The molecule has 2 aromatic rings. The zero-order valence-corrected chi connectivity index (χ0v) is 12.6. The Morgan fingerprint density at radius 2 is 1.86 bits per heavy atom. The molecule has 0 radical (unpaired) electrons. The van der Waals surface area contributed by atoms with Crippen LogP contribution in [0.15, 0.2) is 30.3 Å².